The molecular formula is C15H17NO4. The van der Waals surface area contributed by atoms with Gasteiger partial charge in [-0.05, 0) is 30.0 Å². The van der Waals surface area contributed by atoms with Gasteiger partial charge in [0.25, 0.3) is 0 Å². The molecule has 0 N–H and O–H groups in total. The summed E-state index contributed by atoms with van der Waals surface area (Å²) in [5, 5.41) is 1.80. The second kappa shape index (κ2) is 6.23. The van der Waals surface area contributed by atoms with Crippen LogP contribution in [0.5, 0.6) is 11.5 Å². The van der Waals surface area contributed by atoms with Crippen molar-refractivity contribution in [3.8, 4) is 11.5 Å². The zero-order valence-corrected chi connectivity index (χ0v) is 11.8. The predicted molar refractivity (Wildman–Crippen MR) is 75.2 cm³/mol. The number of ether oxygens (including phenoxy) is 3. The van der Waals surface area contributed by atoms with Crippen LogP contribution in [0.2, 0.25) is 0 Å². The number of nitrogens with zero attached hydrogens (tertiary/aromatic N) is 1. The summed E-state index contributed by atoms with van der Waals surface area (Å²) in [6, 6.07) is 3.69. The van der Waals surface area contributed by atoms with E-state index in [4.69, 9.17) is 14.2 Å². The van der Waals surface area contributed by atoms with Crippen LogP contribution >= 0.6 is 0 Å². The van der Waals surface area contributed by atoms with Crippen LogP contribution in [0.15, 0.2) is 24.5 Å². The molecule has 5 nitrogen and oxygen atoms in total. The maximum atomic E-state index is 11.6. The van der Waals surface area contributed by atoms with Crippen LogP contribution in [0, 0.1) is 0 Å². The molecule has 0 amide bonds. The minimum absolute atomic E-state index is 0.188. The number of methoxy groups -OCH3 is 2. The number of fused-ring (bicyclic) bond motifs is 1. The summed E-state index contributed by atoms with van der Waals surface area (Å²) in [6.45, 7) is 2.15. The van der Waals surface area contributed by atoms with Crippen LogP contribution in [0.1, 0.15) is 12.5 Å². The number of esters is 1. The van der Waals surface area contributed by atoms with Crippen molar-refractivity contribution in [3.63, 3.8) is 0 Å². The van der Waals surface area contributed by atoms with Crippen molar-refractivity contribution < 1.29 is 19.0 Å². The van der Waals surface area contributed by atoms with Crippen LogP contribution in [0.4, 0.5) is 0 Å². The molecule has 0 bridgehead atoms. The maximum absolute atomic E-state index is 11.6. The molecule has 5 heteroatoms. The Morgan fingerprint density at radius 1 is 1.15 bits per heavy atom. The Balaban J connectivity index is 2.48. The van der Waals surface area contributed by atoms with Gasteiger partial charge in [-0.2, -0.15) is 0 Å². The van der Waals surface area contributed by atoms with E-state index in [0.29, 0.717) is 18.1 Å². The van der Waals surface area contributed by atoms with Gasteiger partial charge in [0.15, 0.2) is 11.5 Å². The topological polar surface area (TPSA) is 57.7 Å². The molecule has 0 saturated heterocycles. The number of rotatable bonds is 5. The fraction of sp³-hybridized carbons (Fsp3) is 0.333. The number of pyridine rings is 1. The summed E-state index contributed by atoms with van der Waals surface area (Å²) in [4.78, 5) is 15.8. The fourth-order valence-corrected chi connectivity index (χ4v) is 2.07. The molecule has 0 unspecified atom stereocenters. The van der Waals surface area contributed by atoms with Crippen molar-refractivity contribution in [2.75, 3.05) is 20.8 Å². The molecule has 0 atom stereocenters. The van der Waals surface area contributed by atoms with Gasteiger partial charge >= 0.3 is 5.97 Å². The van der Waals surface area contributed by atoms with Gasteiger partial charge in [0.05, 0.1) is 27.2 Å². The summed E-state index contributed by atoms with van der Waals surface area (Å²) in [5.41, 5.74) is 0.807. The SMILES string of the molecule is CCOC(=O)Cc1cncc2cc(OC)c(OC)cc12. The first-order valence-corrected chi connectivity index (χ1v) is 6.33. The van der Waals surface area contributed by atoms with E-state index in [2.05, 4.69) is 4.98 Å². The lowest BCUT2D eigenvalue weighted by Gasteiger charge is -2.11. The molecule has 1 aromatic heterocycles. The van der Waals surface area contributed by atoms with Crippen LogP contribution in [0.3, 0.4) is 0 Å². The van der Waals surface area contributed by atoms with Gasteiger partial charge in [0.1, 0.15) is 0 Å². The van der Waals surface area contributed by atoms with Crippen molar-refractivity contribution in [3.05, 3.63) is 30.1 Å². The van der Waals surface area contributed by atoms with Crippen LogP contribution < -0.4 is 9.47 Å². The number of hydrogen-bond donors (Lipinski definition) is 0. The van der Waals surface area contributed by atoms with Crippen LogP contribution in [0.25, 0.3) is 10.8 Å². The van der Waals surface area contributed by atoms with E-state index in [1.54, 1.807) is 33.5 Å². The predicted octanol–water partition coefficient (Wildman–Crippen LogP) is 2.36. The third-order valence-electron chi connectivity index (χ3n) is 2.99. The smallest absolute Gasteiger partial charge is 0.310 e. The summed E-state index contributed by atoms with van der Waals surface area (Å²) < 4.78 is 15.5. The minimum atomic E-state index is -0.267. The highest BCUT2D eigenvalue weighted by molar-refractivity contribution is 5.90. The Kier molecular flexibility index (Phi) is 4.40. The number of carbonyl (C=O) groups excluding carboxylic acids is 1. The molecule has 0 spiro atoms. The number of carbonyl (C=O) groups is 1. The van der Waals surface area contributed by atoms with E-state index in [-0.39, 0.29) is 12.4 Å². The molecule has 2 aromatic rings. The first kappa shape index (κ1) is 14.1. The Bertz CT molecular complexity index is 625. The van der Waals surface area contributed by atoms with Gasteiger partial charge in [0.2, 0.25) is 0 Å². The molecule has 0 aliphatic rings. The first-order valence-electron chi connectivity index (χ1n) is 6.33. The zero-order valence-electron chi connectivity index (χ0n) is 11.8. The maximum Gasteiger partial charge on any atom is 0.310 e. The molecule has 106 valence electrons. The number of aromatic nitrogens is 1. The lowest BCUT2D eigenvalue weighted by Crippen LogP contribution is -2.08. The van der Waals surface area contributed by atoms with Gasteiger partial charge in [0, 0.05) is 17.8 Å². The van der Waals surface area contributed by atoms with Crippen molar-refractivity contribution in [1.82, 2.24) is 4.98 Å². The summed E-state index contributed by atoms with van der Waals surface area (Å²) in [6.07, 6.45) is 3.59. The van der Waals surface area contributed by atoms with Crippen LogP contribution in [-0.4, -0.2) is 31.8 Å². The van der Waals surface area contributed by atoms with Crippen molar-refractivity contribution in [1.29, 1.82) is 0 Å². The van der Waals surface area contributed by atoms with E-state index in [0.717, 1.165) is 16.3 Å². The third-order valence-corrected chi connectivity index (χ3v) is 2.99. The molecule has 1 heterocycles. The molecule has 0 aliphatic carbocycles. The lowest BCUT2D eigenvalue weighted by atomic mass is 10.0. The second-order valence-corrected chi connectivity index (χ2v) is 4.21. The molecule has 1 aromatic carbocycles. The number of benzene rings is 1. The normalized spacial score (nSPS) is 10.3. The highest BCUT2D eigenvalue weighted by atomic mass is 16.5. The lowest BCUT2D eigenvalue weighted by molar-refractivity contribution is -0.142. The highest BCUT2D eigenvalue weighted by Gasteiger charge is 2.12. The van der Waals surface area contributed by atoms with Gasteiger partial charge in [-0.15, -0.1) is 0 Å². The average Bonchev–Trinajstić information content (AvgIpc) is 2.46. The minimum Gasteiger partial charge on any atom is -0.493 e. The highest BCUT2D eigenvalue weighted by Crippen LogP contribution is 2.33. The first-order chi connectivity index (χ1) is 9.69. The summed E-state index contributed by atoms with van der Waals surface area (Å²) in [5.74, 6) is 0.989. The van der Waals surface area contributed by atoms with Crippen molar-refractivity contribution >= 4 is 16.7 Å². The van der Waals surface area contributed by atoms with Gasteiger partial charge in [-0.25, -0.2) is 0 Å². The molecule has 0 saturated carbocycles. The molecule has 0 fully saturated rings. The summed E-state index contributed by atoms with van der Waals surface area (Å²) in [7, 11) is 3.16. The Morgan fingerprint density at radius 2 is 1.85 bits per heavy atom. The largest absolute Gasteiger partial charge is 0.493 e. The van der Waals surface area contributed by atoms with E-state index in [9.17, 15) is 4.79 Å². The quantitative estimate of drug-likeness (QED) is 0.784. The van der Waals surface area contributed by atoms with Crippen molar-refractivity contribution in [2.45, 2.75) is 13.3 Å². The number of hydrogen-bond acceptors (Lipinski definition) is 5. The van der Waals surface area contributed by atoms with Crippen molar-refractivity contribution in [2.24, 2.45) is 0 Å². The van der Waals surface area contributed by atoms with E-state index >= 15 is 0 Å². The summed E-state index contributed by atoms with van der Waals surface area (Å²) >= 11 is 0. The standard InChI is InChI=1S/C15H17NO4/c1-4-20-15(17)6-11-9-16-8-10-5-13(18-2)14(19-3)7-12(10)11/h5,7-9H,4,6H2,1-3H3. The Hall–Kier alpha value is -2.30. The van der Waals surface area contributed by atoms with Gasteiger partial charge in [-0.3, -0.25) is 9.78 Å². The zero-order chi connectivity index (χ0) is 14.5. The Labute approximate surface area is 117 Å². The monoisotopic (exact) mass is 275 g/mol. The van der Waals surface area contributed by atoms with E-state index in [1.807, 2.05) is 12.1 Å². The van der Waals surface area contributed by atoms with Gasteiger partial charge < -0.3 is 14.2 Å². The van der Waals surface area contributed by atoms with E-state index < -0.39 is 0 Å². The second-order valence-electron chi connectivity index (χ2n) is 4.21. The van der Waals surface area contributed by atoms with Gasteiger partial charge in [-0.1, -0.05) is 0 Å². The molecule has 0 radical (unpaired) electrons. The molecular weight excluding hydrogens is 258 g/mol. The van der Waals surface area contributed by atoms with E-state index in [1.165, 1.54) is 0 Å². The molecule has 2 rings (SSSR count). The fourth-order valence-electron chi connectivity index (χ4n) is 2.07. The average molecular weight is 275 g/mol. The Morgan fingerprint density at radius 3 is 2.50 bits per heavy atom. The third kappa shape index (κ3) is 2.82. The molecule has 20 heavy (non-hydrogen) atoms. The molecule has 0 aliphatic heterocycles. The van der Waals surface area contributed by atoms with Crippen LogP contribution in [-0.2, 0) is 16.0 Å².